The van der Waals surface area contributed by atoms with Gasteiger partial charge in [-0.3, -0.25) is 4.79 Å². The van der Waals surface area contributed by atoms with Gasteiger partial charge in [0.05, 0.1) is 13.5 Å². The third-order valence-corrected chi connectivity index (χ3v) is 2.75. The number of hydrogen-bond acceptors (Lipinski definition) is 4. The molecular formula is C16H25NO3. The van der Waals surface area contributed by atoms with Gasteiger partial charge in [-0.25, -0.2) is 0 Å². The minimum Gasteiger partial charge on any atom is -0.496 e. The van der Waals surface area contributed by atoms with Crippen LogP contribution in [0.2, 0.25) is 0 Å². The first kappa shape index (κ1) is 16.5. The van der Waals surface area contributed by atoms with E-state index in [-0.39, 0.29) is 5.97 Å². The van der Waals surface area contributed by atoms with Gasteiger partial charge in [-0.1, -0.05) is 18.2 Å². The van der Waals surface area contributed by atoms with E-state index in [1.165, 1.54) is 0 Å². The van der Waals surface area contributed by atoms with Crippen LogP contribution in [0.4, 0.5) is 0 Å². The molecule has 0 radical (unpaired) electrons. The highest BCUT2D eigenvalue weighted by Crippen LogP contribution is 2.18. The number of hydrogen-bond donors (Lipinski definition) is 0. The zero-order chi connectivity index (χ0) is 15.2. The van der Waals surface area contributed by atoms with Crippen molar-refractivity contribution in [3.63, 3.8) is 0 Å². The van der Waals surface area contributed by atoms with E-state index in [4.69, 9.17) is 9.47 Å². The minimum atomic E-state index is -0.418. The van der Waals surface area contributed by atoms with E-state index in [1.807, 2.05) is 52.1 Å². The van der Waals surface area contributed by atoms with Gasteiger partial charge in [-0.15, -0.1) is 0 Å². The quantitative estimate of drug-likeness (QED) is 0.751. The van der Waals surface area contributed by atoms with Crippen LogP contribution in [0.3, 0.4) is 0 Å². The fourth-order valence-corrected chi connectivity index (χ4v) is 1.88. The molecule has 1 rings (SSSR count). The molecule has 112 valence electrons. The smallest absolute Gasteiger partial charge is 0.307 e. The maximum absolute atomic E-state index is 11.7. The molecule has 0 spiro atoms. The molecule has 0 atom stereocenters. The predicted octanol–water partition coefficient (Wildman–Crippen LogP) is 2.86. The normalized spacial score (nSPS) is 11.5. The SMILES string of the molecule is COc1ccccc1CN(C)CCC(=O)OC(C)(C)C. The third-order valence-electron chi connectivity index (χ3n) is 2.75. The molecule has 0 heterocycles. The Bertz CT molecular complexity index is 438. The van der Waals surface area contributed by atoms with Crippen LogP contribution in [0.25, 0.3) is 0 Å². The molecule has 0 unspecified atom stereocenters. The van der Waals surface area contributed by atoms with Gasteiger partial charge >= 0.3 is 5.97 Å². The monoisotopic (exact) mass is 279 g/mol. The summed E-state index contributed by atoms with van der Waals surface area (Å²) >= 11 is 0. The lowest BCUT2D eigenvalue weighted by atomic mass is 10.2. The molecular weight excluding hydrogens is 254 g/mol. The Balaban J connectivity index is 2.44. The molecule has 0 aliphatic carbocycles. The summed E-state index contributed by atoms with van der Waals surface area (Å²) in [5, 5.41) is 0. The zero-order valence-corrected chi connectivity index (χ0v) is 13.1. The maximum atomic E-state index is 11.7. The fourth-order valence-electron chi connectivity index (χ4n) is 1.88. The molecule has 0 bridgehead atoms. The molecule has 0 saturated heterocycles. The second-order valence-corrected chi connectivity index (χ2v) is 5.89. The number of carbonyl (C=O) groups is 1. The maximum Gasteiger partial charge on any atom is 0.307 e. The molecule has 0 fully saturated rings. The second-order valence-electron chi connectivity index (χ2n) is 5.89. The van der Waals surface area contributed by atoms with Crippen molar-refractivity contribution >= 4 is 5.97 Å². The van der Waals surface area contributed by atoms with Gasteiger partial charge < -0.3 is 14.4 Å². The first-order chi connectivity index (χ1) is 9.31. The van der Waals surface area contributed by atoms with Crippen molar-refractivity contribution in [1.29, 1.82) is 0 Å². The van der Waals surface area contributed by atoms with Crippen LogP contribution in [-0.4, -0.2) is 37.2 Å². The topological polar surface area (TPSA) is 38.8 Å². The number of benzene rings is 1. The molecule has 0 aromatic heterocycles. The Labute approximate surface area is 121 Å². The number of esters is 1. The summed E-state index contributed by atoms with van der Waals surface area (Å²) in [6, 6.07) is 7.91. The number of ether oxygens (including phenoxy) is 2. The van der Waals surface area contributed by atoms with Crippen molar-refractivity contribution < 1.29 is 14.3 Å². The van der Waals surface area contributed by atoms with Crippen LogP contribution in [0.1, 0.15) is 32.8 Å². The molecule has 4 heteroatoms. The molecule has 0 amide bonds. The van der Waals surface area contributed by atoms with Gasteiger partial charge in [0.2, 0.25) is 0 Å². The van der Waals surface area contributed by atoms with E-state index in [0.29, 0.717) is 13.0 Å². The van der Waals surface area contributed by atoms with Crippen molar-refractivity contribution in [3.8, 4) is 5.75 Å². The van der Waals surface area contributed by atoms with Crippen LogP contribution < -0.4 is 4.74 Å². The van der Waals surface area contributed by atoms with E-state index < -0.39 is 5.60 Å². The van der Waals surface area contributed by atoms with Crippen LogP contribution in [-0.2, 0) is 16.1 Å². The van der Waals surface area contributed by atoms with Crippen LogP contribution in [0.15, 0.2) is 24.3 Å². The van der Waals surface area contributed by atoms with Crippen molar-refractivity contribution in [3.05, 3.63) is 29.8 Å². The molecule has 0 aliphatic heterocycles. The Morgan fingerprint density at radius 1 is 1.25 bits per heavy atom. The lowest BCUT2D eigenvalue weighted by molar-refractivity contribution is -0.155. The molecule has 4 nitrogen and oxygen atoms in total. The summed E-state index contributed by atoms with van der Waals surface area (Å²) in [6.07, 6.45) is 0.392. The fraction of sp³-hybridized carbons (Fsp3) is 0.562. The van der Waals surface area contributed by atoms with E-state index in [0.717, 1.165) is 17.9 Å². The summed E-state index contributed by atoms with van der Waals surface area (Å²) < 4.78 is 10.6. The van der Waals surface area contributed by atoms with Crippen molar-refractivity contribution in [1.82, 2.24) is 4.90 Å². The Morgan fingerprint density at radius 2 is 1.90 bits per heavy atom. The molecule has 0 N–H and O–H groups in total. The summed E-state index contributed by atoms with van der Waals surface area (Å²) in [6.45, 7) is 7.04. The summed E-state index contributed by atoms with van der Waals surface area (Å²) in [5.74, 6) is 0.709. The van der Waals surface area contributed by atoms with Crippen LogP contribution >= 0.6 is 0 Å². The number of nitrogens with zero attached hydrogens (tertiary/aromatic N) is 1. The van der Waals surface area contributed by atoms with Crippen molar-refractivity contribution in [2.45, 2.75) is 39.3 Å². The second kappa shape index (κ2) is 7.29. The van der Waals surface area contributed by atoms with E-state index >= 15 is 0 Å². The predicted molar refractivity (Wildman–Crippen MR) is 79.8 cm³/mol. The lowest BCUT2D eigenvalue weighted by Crippen LogP contribution is -2.27. The van der Waals surface area contributed by atoms with Gasteiger partial charge in [0.15, 0.2) is 0 Å². The zero-order valence-electron chi connectivity index (χ0n) is 13.1. The average Bonchev–Trinajstić information content (AvgIpc) is 2.35. The number of carbonyl (C=O) groups excluding carboxylic acids is 1. The lowest BCUT2D eigenvalue weighted by Gasteiger charge is -2.21. The van der Waals surface area contributed by atoms with Gasteiger partial charge in [-0.2, -0.15) is 0 Å². The molecule has 0 aliphatic rings. The number of rotatable bonds is 6. The van der Waals surface area contributed by atoms with E-state index in [2.05, 4.69) is 4.90 Å². The molecule has 1 aromatic carbocycles. The Hall–Kier alpha value is -1.55. The number of para-hydroxylation sites is 1. The molecule has 1 aromatic rings. The van der Waals surface area contributed by atoms with E-state index in [1.54, 1.807) is 7.11 Å². The van der Waals surface area contributed by atoms with Crippen molar-refractivity contribution in [2.75, 3.05) is 20.7 Å². The average molecular weight is 279 g/mol. The highest BCUT2D eigenvalue weighted by Gasteiger charge is 2.16. The third kappa shape index (κ3) is 6.06. The molecule has 20 heavy (non-hydrogen) atoms. The largest absolute Gasteiger partial charge is 0.496 e. The Kier molecular flexibility index (Phi) is 6.02. The van der Waals surface area contributed by atoms with Gasteiger partial charge in [-0.05, 0) is 33.9 Å². The summed E-state index contributed by atoms with van der Waals surface area (Å²) in [7, 11) is 3.65. The summed E-state index contributed by atoms with van der Waals surface area (Å²) in [4.78, 5) is 13.8. The van der Waals surface area contributed by atoms with Crippen molar-refractivity contribution in [2.24, 2.45) is 0 Å². The minimum absolute atomic E-state index is 0.163. The number of methoxy groups -OCH3 is 1. The Morgan fingerprint density at radius 3 is 2.50 bits per heavy atom. The van der Waals surface area contributed by atoms with Crippen LogP contribution in [0, 0.1) is 0 Å². The molecule has 0 saturated carbocycles. The highest BCUT2D eigenvalue weighted by molar-refractivity contribution is 5.70. The van der Waals surface area contributed by atoms with Crippen LogP contribution in [0.5, 0.6) is 5.75 Å². The van der Waals surface area contributed by atoms with Gasteiger partial charge in [0.1, 0.15) is 11.4 Å². The standard InChI is InChI=1S/C16H25NO3/c1-16(2,3)20-15(18)10-11-17(4)12-13-8-6-7-9-14(13)19-5/h6-9H,10-12H2,1-5H3. The van der Waals surface area contributed by atoms with Gasteiger partial charge in [0, 0.05) is 18.7 Å². The highest BCUT2D eigenvalue weighted by atomic mass is 16.6. The first-order valence-corrected chi connectivity index (χ1v) is 6.84. The first-order valence-electron chi connectivity index (χ1n) is 6.84. The van der Waals surface area contributed by atoms with E-state index in [9.17, 15) is 4.79 Å². The summed E-state index contributed by atoms with van der Waals surface area (Å²) in [5.41, 5.74) is 0.694. The van der Waals surface area contributed by atoms with Gasteiger partial charge in [0.25, 0.3) is 0 Å².